The maximum atomic E-state index is 12.7. The van der Waals surface area contributed by atoms with Gasteiger partial charge in [0, 0.05) is 31.9 Å². The Kier molecular flexibility index (Phi) is 4.67. The fourth-order valence-electron chi connectivity index (χ4n) is 2.61. The van der Waals surface area contributed by atoms with Gasteiger partial charge in [0.2, 0.25) is 10.0 Å². The second kappa shape index (κ2) is 6.11. The van der Waals surface area contributed by atoms with E-state index in [1.807, 2.05) is 19.9 Å². The van der Waals surface area contributed by atoms with E-state index in [9.17, 15) is 8.42 Å². The van der Waals surface area contributed by atoms with E-state index in [1.54, 1.807) is 19.2 Å². The number of hydrogen-bond acceptors (Lipinski definition) is 4. The van der Waals surface area contributed by atoms with Crippen molar-refractivity contribution in [2.24, 2.45) is 0 Å². The third-order valence-corrected chi connectivity index (χ3v) is 5.69. The molecule has 20 heavy (non-hydrogen) atoms. The molecule has 0 fully saturated rings. The molecule has 1 heterocycles. The maximum absolute atomic E-state index is 12.7. The predicted octanol–water partition coefficient (Wildman–Crippen LogP) is 1.70. The predicted molar refractivity (Wildman–Crippen MR) is 79.5 cm³/mol. The van der Waals surface area contributed by atoms with Gasteiger partial charge in [-0.1, -0.05) is 13.0 Å². The van der Waals surface area contributed by atoms with Crippen LogP contribution in [0, 0.1) is 0 Å². The van der Waals surface area contributed by atoms with Crippen LogP contribution in [-0.4, -0.2) is 45.6 Å². The van der Waals surface area contributed by atoms with Crippen molar-refractivity contribution in [2.45, 2.75) is 31.2 Å². The van der Waals surface area contributed by atoms with Gasteiger partial charge in [-0.2, -0.15) is 4.31 Å². The Morgan fingerprint density at radius 1 is 1.45 bits per heavy atom. The van der Waals surface area contributed by atoms with E-state index in [2.05, 4.69) is 5.32 Å². The van der Waals surface area contributed by atoms with Gasteiger partial charge in [-0.15, -0.1) is 0 Å². The number of methoxy groups -OCH3 is 1. The Bertz CT molecular complexity index is 572. The van der Waals surface area contributed by atoms with Crippen LogP contribution in [0.2, 0.25) is 0 Å². The van der Waals surface area contributed by atoms with Crippen molar-refractivity contribution in [1.29, 1.82) is 0 Å². The molecule has 0 amide bonds. The van der Waals surface area contributed by atoms with Gasteiger partial charge in [0.15, 0.2) is 0 Å². The molecule has 1 N–H and O–H groups in total. The van der Waals surface area contributed by atoms with Crippen molar-refractivity contribution in [3.8, 4) is 0 Å². The van der Waals surface area contributed by atoms with Gasteiger partial charge < -0.3 is 10.1 Å². The van der Waals surface area contributed by atoms with Crippen LogP contribution in [0.3, 0.4) is 0 Å². The zero-order valence-corrected chi connectivity index (χ0v) is 13.0. The molecule has 0 radical (unpaired) electrons. The number of ether oxygens (including phenoxy) is 1. The lowest BCUT2D eigenvalue weighted by Gasteiger charge is -2.26. The molecule has 2 rings (SSSR count). The second-order valence-electron chi connectivity index (χ2n) is 5.01. The first-order chi connectivity index (χ1) is 9.50. The molecular formula is C14H22N2O3S. The summed E-state index contributed by atoms with van der Waals surface area (Å²) < 4.78 is 32.0. The summed E-state index contributed by atoms with van der Waals surface area (Å²) in [6.45, 7) is 5.38. The smallest absolute Gasteiger partial charge is 0.243 e. The third kappa shape index (κ3) is 2.82. The fraction of sp³-hybridized carbons (Fsp3) is 0.571. The zero-order chi connectivity index (χ0) is 14.8. The number of hydrogen-bond donors (Lipinski definition) is 1. The Labute approximate surface area is 121 Å². The van der Waals surface area contributed by atoms with E-state index in [1.165, 1.54) is 9.87 Å². The van der Waals surface area contributed by atoms with Gasteiger partial charge in [0.25, 0.3) is 0 Å². The molecule has 1 unspecified atom stereocenters. The van der Waals surface area contributed by atoms with Crippen LogP contribution in [-0.2, 0) is 21.2 Å². The number of benzene rings is 1. The summed E-state index contributed by atoms with van der Waals surface area (Å²) in [6.07, 6.45) is 0.952. The molecule has 0 bridgehead atoms. The van der Waals surface area contributed by atoms with Gasteiger partial charge >= 0.3 is 0 Å². The normalized spacial score (nSPS) is 16.0. The molecule has 0 spiro atoms. The van der Waals surface area contributed by atoms with Crippen LogP contribution in [0.4, 0.5) is 5.69 Å². The fourth-order valence-corrected chi connectivity index (χ4v) is 4.26. The molecule has 0 aromatic heterocycles. The van der Waals surface area contributed by atoms with Crippen LogP contribution in [0.5, 0.6) is 0 Å². The SMILES string of the molecule is CCN(C(C)COC)S(=O)(=O)c1ccc2c(c1)NCC2. The summed E-state index contributed by atoms with van der Waals surface area (Å²) in [4.78, 5) is 0.343. The highest BCUT2D eigenvalue weighted by atomic mass is 32.2. The van der Waals surface area contributed by atoms with E-state index < -0.39 is 10.0 Å². The summed E-state index contributed by atoms with van der Waals surface area (Å²) in [5.74, 6) is 0. The number of nitrogens with zero attached hydrogens (tertiary/aromatic N) is 1. The first kappa shape index (κ1) is 15.3. The van der Waals surface area contributed by atoms with E-state index in [0.717, 1.165) is 18.7 Å². The van der Waals surface area contributed by atoms with Crippen LogP contribution in [0.1, 0.15) is 19.4 Å². The quantitative estimate of drug-likeness (QED) is 0.868. The Hall–Kier alpha value is -1.11. The first-order valence-corrected chi connectivity index (χ1v) is 8.32. The topological polar surface area (TPSA) is 58.6 Å². The van der Waals surface area contributed by atoms with E-state index in [0.29, 0.717) is 18.0 Å². The number of nitrogens with one attached hydrogen (secondary N) is 1. The van der Waals surface area contributed by atoms with Crippen LogP contribution in [0.15, 0.2) is 23.1 Å². The van der Waals surface area contributed by atoms with Crippen molar-refractivity contribution >= 4 is 15.7 Å². The number of fused-ring (bicyclic) bond motifs is 1. The number of sulfonamides is 1. The monoisotopic (exact) mass is 298 g/mol. The molecule has 1 aliphatic heterocycles. The maximum Gasteiger partial charge on any atom is 0.243 e. The molecule has 0 saturated carbocycles. The van der Waals surface area contributed by atoms with Gasteiger partial charge in [0.1, 0.15) is 0 Å². The Morgan fingerprint density at radius 2 is 2.20 bits per heavy atom. The highest BCUT2D eigenvalue weighted by Crippen LogP contribution is 2.27. The first-order valence-electron chi connectivity index (χ1n) is 6.88. The summed E-state index contributed by atoms with van der Waals surface area (Å²) in [5.41, 5.74) is 2.11. The molecule has 5 nitrogen and oxygen atoms in total. The average Bonchev–Trinajstić information content (AvgIpc) is 2.86. The van der Waals surface area contributed by atoms with E-state index in [4.69, 9.17) is 4.74 Å². The molecule has 0 aliphatic carbocycles. The zero-order valence-electron chi connectivity index (χ0n) is 12.2. The lowest BCUT2D eigenvalue weighted by molar-refractivity contribution is 0.142. The van der Waals surface area contributed by atoms with Gasteiger partial charge in [0.05, 0.1) is 11.5 Å². The molecular weight excluding hydrogens is 276 g/mol. The summed E-state index contributed by atoms with van der Waals surface area (Å²) in [5, 5.41) is 3.22. The Morgan fingerprint density at radius 3 is 2.85 bits per heavy atom. The van der Waals surface area contributed by atoms with Crippen LogP contribution < -0.4 is 5.32 Å². The lowest BCUT2D eigenvalue weighted by atomic mass is 10.2. The highest BCUT2D eigenvalue weighted by molar-refractivity contribution is 7.89. The van der Waals surface area contributed by atoms with E-state index >= 15 is 0 Å². The molecule has 0 saturated heterocycles. The highest BCUT2D eigenvalue weighted by Gasteiger charge is 2.28. The number of rotatable bonds is 6. The second-order valence-corrected chi connectivity index (χ2v) is 6.90. The summed E-state index contributed by atoms with van der Waals surface area (Å²) in [7, 11) is -1.90. The average molecular weight is 298 g/mol. The minimum atomic E-state index is -3.48. The van der Waals surface area contributed by atoms with Gasteiger partial charge in [-0.25, -0.2) is 8.42 Å². The van der Waals surface area contributed by atoms with Crippen molar-refractivity contribution < 1.29 is 13.2 Å². The van der Waals surface area contributed by atoms with E-state index in [-0.39, 0.29) is 6.04 Å². The molecule has 112 valence electrons. The molecule has 1 aliphatic rings. The van der Waals surface area contributed by atoms with Crippen molar-refractivity contribution in [1.82, 2.24) is 4.31 Å². The van der Waals surface area contributed by atoms with Crippen molar-refractivity contribution in [3.63, 3.8) is 0 Å². The Balaban J connectivity index is 2.33. The van der Waals surface area contributed by atoms with Crippen LogP contribution >= 0.6 is 0 Å². The standard InChI is InChI=1S/C14H22N2O3S/c1-4-16(11(2)10-19-3)20(17,18)13-6-5-12-7-8-15-14(12)9-13/h5-6,9,11,15H,4,7-8,10H2,1-3H3. The molecule has 1 aromatic carbocycles. The lowest BCUT2D eigenvalue weighted by Crippen LogP contribution is -2.40. The molecule has 1 aromatic rings. The third-order valence-electron chi connectivity index (χ3n) is 3.61. The molecule has 6 heteroatoms. The van der Waals surface area contributed by atoms with Crippen molar-refractivity contribution in [2.75, 3.05) is 32.1 Å². The van der Waals surface area contributed by atoms with Gasteiger partial charge in [-0.05, 0) is 31.0 Å². The number of likely N-dealkylation sites (N-methyl/N-ethyl adjacent to an activating group) is 1. The minimum absolute atomic E-state index is 0.184. The van der Waals surface area contributed by atoms with Gasteiger partial charge in [-0.3, -0.25) is 0 Å². The van der Waals surface area contributed by atoms with Crippen LogP contribution in [0.25, 0.3) is 0 Å². The van der Waals surface area contributed by atoms with Crippen molar-refractivity contribution in [3.05, 3.63) is 23.8 Å². The summed E-state index contributed by atoms with van der Waals surface area (Å²) in [6, 6.07) is 5.15. The summed E-state index contributed by atoms with van der Waals surface area (Å²) >= 11 is 0. The minimum Gasteiger partial charge on any atom is -0.384 e. The largest absolute Gasteiger partial charge is 0.384 e. The molecule has 1 atom stereocenters. The number of anilines is 1.